The molecule has 0 bridgehead atoms. The van der Waals surface area contributed by atoms with Crippen LogP contribution in [-0.4, -0.2) is 286 Å². The first-order valence-electron chi connectivity index (χ1n) is 26.9. The third-order valence-electron chi connectivity index (χ3n) is 10.1. The molecule has 0 spiro atoms. The zero-order chi connectivity index (χ0) is 63.0. The van der Waals surface area contributed by atoms with E-state index in [9.17, 15) is 52.7 Å². The quantitative estimate of drug-likeness (QED) is 0.0198. The number of imide groups is 2. The second-order valence-corrected chi connectivity index (χ2v) is 20.6. The van der Waals surface area contributed by atoms with Gasteiger partial charge in [0.1, 0.15) is 33.0 Å². The Hall–Kier alpha value is -4.88. The second-order valence-electron chi connectivity index (χ2n) is 17.2. The van der Waals surface area contributed by atoms with E-state index < -0.39 is 23.6 Å². The molecule has 8 amide bonds. The van der Waals surface area contributed by atoms with E-state index in [-0.39, 0.29) is 141 Å². The number of nitrogens with one attached hydrogen (secondary N) is 4. The van der Waals surface area contributed by atoms with E-state index >= 15 is 0 Å². The molecule has 2 rings (SSSR count). The first kappa shape index (κ1) is 80.1. The summed E-state index contributed by atoms with van der Waals surface area (Å²) in [6, 6.07) is 0. The van der Waals surface area contributed by atoms with Crippen LogP contribution in [-0.2, 0) is 100 Å². The Kier molecular flexibility index (Phi) is 53.6. The molecule has 0 unspecified atom stereocenters. The van der Waals surface area contributed by atoms with Crippen molar-refractivity contribution in [2.75, 3.05) is 206 Å². The molecule has 0 saturated carbocycles. The van der Waals surface area contributed by atoms with Crippen LogP contribution in [0.25, 0.3) is 0 Å². The van der Waals surface area contributed by atoms with Gasteiger partial charge in [0.25, 0.3) is 29.5 Å². The number of nitrogens with two attached hydrogens (primary N) is 1. The van der Waals surface area contributed by atoms with E-state index in [1.54, 1.807) is 47.0 Å². The van der Waals surface area contributed by atoms with Gasteiger partial charge in [0.15, 0.2) is 24.0 Å². The van der Waals surface area contributed by atoms with Gasteiger partial charge in [-0.15, -0.1) is 0 Å². The Morgan fingerprint density at radius 3 is 1.12 bits per heavy atom. The maximum Gasteiger partial charge on any atom is 0.260 e. The highest BCUT2D eigenvalue weighted by Crippen LogP contribution is 2.04. The molecule has 33 heteroatoms. The van der Waals surface area contributed by atoms with Crippen molar-refractivity contribution in [3.05, 3.63) is 24.3 Å². The highest BCUT2D eigenvalue weighted by molar-refractivity contribution is 8.01. The summed E-state index contributed by atoms with van der Waals surface area (Å²) in [4.78, 5) is 137. The van der Waals surface area contributed by atoms with Crippen molar-refractivity contribution < 1.29 is 100 Å². The van der Waals surface area contributed by atoms with E-state index in [1.807, 2.05) is 25.0 Å². The summed E-state index contributed by atoms with van der Waals surface area (Å²) in [5.41, 5.74) is 0.894. The smallest absolute Gasteiger partial charge is 0.260 e. The third-order valence-corrected chi connectivity index (χ3v) is 12.5. The first-order chi connectivity index (χ1) is 41.1. The van der Waals surface area contributed by atoms with Gasteiger partial charge >= 0.3 is 0 Å². The van der Waals surface area contributed by atoms with Crippen molar-refractivity contribution in [2.45, 2.75) is 25.7 Å². The van der Waals surface area contributed by atoms with Gasteiger partial charge in [-0.2, -0.15) is 47.0 Å². The molecule has 0 radical (unpaired) electrons. The number of ketones is 3. The van der Waals surface area contributed by atoms with Crippen molar-refractivity contribution >= 4 is 117 Å². The van der Waals surface area contributed by atoms with Crippen molar-refractivity contribution in [1.29, 1.82) is 0 Å². The van der Waals surface area contributed by atoms with Gasteiger partial charge in [-0.25, -0.2) is 5.90 Å². The summed E-state index contributed by atoms with van der Waals surface area (Å²) < 4.78 is 42.3. The average Bonchev–Trinajstić information content (AvgIpc) is 4.14. The van der Waals surface area contributed by atoms with E-state index in [0.29, 0.717) is 95.7 Å². The van der Waals surface area contributed by atoms with Crippen molar-refractivity contribution in [2.24, 2.45) is 11.1 Å². The minimum Gasteiger partial charge on any atom is -0.386 e. The van der Waals surface area contributed by atoms with Crippen LogP contribution in [0.5, 0.6) is 0 Å². The van der Waals surface area contributed by atoms with Gasteiger partial charge in [0, 0.05) is 101 Å². The van der Waals surface area contributed by atoms with Crippen LogP contribution in [0.4, 0.5) is 0 Å². The molecule has 6 N–H and O–H groups in total. The van der Waals surface area contributed by atoms with E-state index in [0.717, 1.165) is 27.0 Å². The van der Waals surface area contributed by atoms with Gasteiger partial charge in [-0.1, -0.05) is 5.16 Å². The number of oxime groups is 1. The number of hydrogen-bond acceptors (Lipinski definition) is 27. The summed E-state index contributed by atoms with van der Waals surface area (Å²) in [5, 5.41) is 14.3. The van der Waals surface area contributed by atoms with E-state index in [2.05, 4.69) is 31.3 Å². The molecule has 0 saturated heterocycles. The maximum atomic E-state index is 11.9. The predicted molar refractivity (Wildman–Crippen MR) is 321 cm³/mol. The molecular weight excluding hydrogens is 1200 g/mol. The monoisotopic (exact) mass is 1290 g/mol. The van der Waals surface area contributed by atoms with Crippen molar-refractivity contribution in [3.8, 4) is 0 Å². The molecule has 85 heavy (non-hydrogen) atoms. The van der Waals surface area contributed by atoms with Crippen LogP contribution in [0.3, 0.4) is 0 Å². The minimum atomic E-state index is -0.396. The summed E-state index contributed by atoms with van der Waals surface area (Å²) in [5.74, 6) is 4.94. The largest absolute Gasteiger partial charge is 0.386 e. The summed E-state index contributed by atoms with van der Waals surface area (Å²) in [6.45, 7) is 3.88. The molecular formula is C52H86N8O21S4. The molecule has 29 nitrogen and oxygen atoms in total. The number of rotatable bonds is 53. The number of Topliss-reactive ketones (excluding diaryl/α,β-unsaturated/α-hetero) is 3. The van der Waals surface area contributed by atoms with Gasteiger partial charge in [0.05, 0.1) is 83.3 Å². The Balaban J connectivity index is 0.00000148. The first-order valence-corrected chi connectivity index (χ1v) is 32.5. The molecule has 484 valence electrons. The van der Waals surface area contributed by atoms with Gasteiger partial charge in [-0.3, -0.25) is 67.4 Å². The van der Waals surface area contributed by atoms with Gasteiger partial charge < -0.3 is 64.0 Å². The highest BCUT2D eigenvalue weighted by atomic mass is 32.2. The second kappa shape index (κ2) is 56.9. The Labute approximate surface area is 513 Å². The average molecular weight is 1290 g/mol. The Bertz CT molecular complexity index is 2010. The maximum absolute atomic E-state index is 11.9. The summed E-state index contributed by atoms with van der Waals surface area (Å²) in [7, 11) is 0. The lowest BCUT2D eigenvalue weighted by Crippen LogP contribution is -2.39. The summed E-state index contributed by atoms with van der Waals surface area (Å²) >= 11 is 6.46. The Morgan fingerprint density at radius 2 is 0.741 bits per heavy atom. The molecule has 2 aliphatic heterocycles. The number of carbonyl (C=O) groups is 11. The van der Waals surface area contributed by atoms with Crippen LogP contribution in [0.1, 0.15) is 25.7 Å². The molecule has 2 heterocycles. The normalized spacial score (nSPS) is 12.3. The SMILES string of the molecule is CSCC(=O)CSC.CSCC(CSC)=NOCC(=O)NCCOCCOCC(=O)CCCOCCOCC(=O)NCCN1C(=O)C=CC1=O.NOCC(=O)NCCOCCOCC(=O)CCCOCCOCC(=O)NCCN1C(=O)C=CC1=O. The number of carbonyl (C=O) groups excluding carboxylic acids is 11. The number of thioether (sulfide) groups is 4. The predicted octanol–water partition coefficient (Wildman–Crippen LogP) is -1.61. The molecule has 0 aromatic rings. The molecule has 2 aliphatic rings. The third kappa shape index (κ3) is 48.9. The zero-order valence-corrected chi connectivity index (χ0v) is 52.3. The van der Waals surface area contributed by atoms with Gasteiger partial charge in [-0.05, 0) is 37.9 Å². The van der Waals surface area contributed by atoms with Crippen LogP contribution in [0.15, 0.2) is 29.5 Å². The Morgan fingerprint density at radius 1 is 0.412 bits per heavy atom. The highest BCUT2D eigenvalue weighted by Gasteiger charge is 2.24. The minimum absolute atomic E-state index is 0.0112. The lowest BCUT2D eigenvalue weighted by molar-refractivity contribution is -0.138. The molecule has 0 aliphatic carbocycles. The van der Waals surface area contributed by atoms with Crippen LogP contribution in [0.2, 0.25) is 0 Å². The van der Waals surface area contributed by atoms with Gasteiger partial charge in [0.2, 0.25) is 17.7 Å². The van der Waals surface area contributed by atoms with E-state index in [1.165, 1.54) is 24.3 Å². The fourth-order valence-corrected chi connectivity index (χ4v) is 8.25. The topological polar surface area (TPSA) is 373 Å². The molecule has 0 aromatic carbocycles. The standard InChI is InChI=1S/C26H42N4O10S2.C21H34N4O10.C5H10OS2/c1-41-19-21(20-42-2)29-40-18-24(33)28-8-11-37-13-14-38-16-22(31)4-3-10-36-12-15-39-17-23(32)27-7-9-30-25(34)5-6-26(30)35;22-35-16-19(28)24-6-9-32-11-12-33-14-17(26)2-1-8-31-10-13-34-15-18(27)23-5-7-25-20(29)3-4-21(25)30;1-7-3-5(6)4-8-2/h5-6H,3-4,7-20H2,1-2H3,(H,27,32)(H,28,33);3-4H,1-2,5-16,22H2,(H,23,27)(H,24,28);3-4H2,1-2H3. The number of nitrogens with zero attached hydrogens (tertiary/aromatic N) is 3. The lowest BCUT2D eigenvalue weighted by atomic mass is 10.2. The molecule has 0 fully saturated rings. The van der Waals surface area contributed by atoms with Crippen LogP contribution in [0, 0.1) is 0 Å². The molecule has 0 atom stereocenters. The van der Waals surface area contributed by atoms with Crippen LogP contribution >= 0.6 is 47.0 Å². The summed E-state index contributed by atoms with van der Waals surface area (Å²) in [6.07, 6.45) is 14.3. The van der Waals surface area contributed by atoms with Crippen LogP contribution < -0.4 is 27.2 Å². The number of hydrogen-bond donors (Lipinski definition) is 5. The van der Waals surface area contributed by atoms with Crippen molar-refractivity contribution in [1.82, 2.24) is 31.1 Å². The van der Waals surface area contributed by atoms with E-state index in [4.69, 9.17) is 48.6 Å². The number of ether oxygens (including phenoxy) is 8. The number of amides is 8. The zero-order valence-electron chi connectivity index (χ0n) is 49.1. The fraction of sp³-hybridized carbons (Fsp3) is 0.692. The lowest BCUT2D eigenvalue weighted by Gasteiger charge is -2.14. The van der Waals surface area contributed by atoms with Crippen molar-refractivity contribution in [3.63, 3.8) is 0 Å². The molecule has 0 aromatic heterocycles. The fourth-order valence-electron chi connectivity index (χ4n) is 6.16.